The number of nitrogens with one attached hydrogen (secondary N) is 1. The van der Waals surface area contributed by atoms with E-state index in [2.05, 4.69) is 24.3 Å². The molecule has 0 aliphatic rings. The number of carbonyl (C=O) groups is 1. The molecule has 6 heteroatoms. The molecular weight excluding hydrogens is 282 g/mol. The van der Waals surface area contributed by atoms with Crippen LogP contribution in [0.15, 0.2) is 12.4 Å². The van der Waals surface area contributed by atoms with Crippen molar-refractivity contribution < 1.29 is 14.6 Å². The van der Waals surface area contributed by atoms with Gasteiger partial charge in [-0.2, -0.15) is 5.10 Å². The zero-order valence-electron chi connectivity index (χ0n) is 15.1. The van der Waals surface area contributed by atoms with Crippen LogP contribution in [-0.4, -0.2) is 40.6 Å². The topological polar surface area (TPSA) is 76.4 Å². The maximum Gasteiger partial charge on any atom is 0.305 e. The van der Waals surface area contributed by atoms with Crippen LogP contribution < -0.4 is 5.32 Å². The van der Waals surface area contributed by atoms with Crippen LogP contribution in [0, 0.1) is 5.92 Å². The van der Waals surface area contributed by atoms with Gasteiger partial charge in [0, 0.05) is 26.9 Å². The summed E-state index contributed by atoms with van der Waals surface area (Å²) in [7, 11) is 3.76. The second-order valence-electron chi connectivity index (χ2n) is 5.11. The highest BCUT2D eigenvalue weighted by atomic mass is 16.5. The average Bonchev–Trinajstić information content (AvgIpc) is 2.86. The van der Waals surface area contributed by atoms with Crippen LogP contribution in [0.25, 0.3) is 0 Å². The van der Waals surface area contributed by atoms with Crippen molar-refractivity contribution in [2.45, 2.75) is 53.6 Å². The molecule has 1 rings (SSSR count). The first kappa shape index (κ1) is 22.7. The van der Waals surface area contributed by atoms with Gasteiger partial charge in [-0.05, 0) is 19.3 Å². The van der Waals surface area contributed by atoms with Gasteiger partial charge in [0.2, 0.25) is 0 Å². The van der Waals surface area contributed by atoms with Gasteiger partial charge in [-0.3, -0.25) is 9.48 Å². The van der Waals surface area contributed by atoms with E-state index in [4.69, 9.17) is 9.84 Å². The molecule has 1 aromatic rings. The van der Waals surface area contributed by atoms with E-state index in [1.165, 1.54) is 0 Å². The van der Waals surface area contributed by atoms with Crippen LogP contribution in [0.2, 0.25) is 0 Å². The second kappa shape index (κ2) is 14.4. The molecule has 0 amide bonds. The summed E-state index contributed by atoms with van der Waals surface area (Å²) in [6, 6.07) is 0. The number of carboxylic acid groups (broad SMARTS) is 1. The molecule has 0 fully saturated rings. The molecule has 0 saturated heterocycles. The standard InChI is InChI=1S/C9H18O3.C5H9N3.C2H6/c1-7(2)4-5-12-8(3)6-9(10)11;1-6-5-3-7-8(2)4-5;1-2/h7-8H,4-6H2,1-3H3,(H,10,11);3-4,6H,1-2H3;1-2H3. The molecule has 1 heterocycles. The van der Waals surface area contributed by atoms with E-state index in [9.17, 15) is 4.79 Å². The Morgan fingerprint density at radius 2 is 2.00 bits per heavy atom. The largest absolute Gasteiger partial charge is 0.481 e. The van der Waals surface area contributed by atoms with E-state index in [0.29, 0.717) is 12.5 Å². The van der Waals surface area contributed by atoms with Gasteiger partial charge in [0.15, 0.2) is 0 Å². The fourth-order valence-corrected chi connectivity index (χ4v) is 1.36. The molecule has 1 atom stereocenters. The average molecular weight is 315 g/mol. The Hall–Kier alpha value is -1.56. The van der Waals surface area contributed by atoms with E-state index in [-0.39, 0.29) is 12.5 Å². The number of rotatable bonds is 7. The maximum atomic E-state index is 10.2. The Bertz CT molecular complexity index is 378. The lowest BCUT2D eigenvalue weighted by molar-refractivity contribution is -0.139. The van der Waals surface area contributed by atoms with E-state index >= 15 is 0 Å². The molecule has 0 saturated carbocycles. The number of nitrogens with zero attached hydrogens (tertiary/aromatic N) is 2. The van der Waals surface area contributed by atoms with Gasteiger partial charge in [0.05, 0.1) is 24.4 Å². The molecule has 0 radical (unpaired) electrons. The van der Waals surface area contributed by atoms with Crippen LogP contribution in [0.4, 0.5) is 5.69 Å². The van der Waals surface area contributed by atoms with Gasteiger partial charge in [-0.25, -0.2) is 0 Å². The van der Waals surface area contributed by atoms with Crippen molar-refractivity contribution in [2.75, 3.05) is 19.0 Å². The maximum absolute atomic E-state index is 10.2. The minimum atomic E-state index is -0.799. The summed E-state index contributed by atoms with van der Waals surface area (Å²) in [5.74, 6) is -0.186. The fraction of sp³-hybridized carbons (Fsp3) is 0.750. The first-order valence-corrected chi connectivity index (χ1v) is 7.85. The molecular formula is C16H33N3O3. The van der Waals surface area contributed by atoms with Crippen molar-refractivity contribution in [2.24, 2.45) is 13.0 Å². The van der Waals surface area contributed by atoms with Crippen molar-refractivity contribution in [3.63, 3.8) is 0 Å². The highest BCUT2D eigenvalue weighted by Gasteiger charge is 2.07. The summed E-state index contributed by atoms with van der Waals surface area (Å²) in [5.41, 5.74) is 1.05. The van der Waals surface area contributed by atoms with Gasteiger partial charge in [-0.1, -0.05) is 27.7 Å². The quantitative estimate of drug-likeness (QED) is 0.806. The van der Waals surface area contributed by atoms with Gasteiger partial charge in [0.1, 0.15) is 0 Å². The van der Waals surface area contributed by atoms with E-state index in [0.717, 1.165) is 12.1 Å². The Morgan fingerprint density at radius 3 is 2.32 bits per heavy atom. The molecule has 0 spiro atoms. The molecule has 2 N–H and O–H groups in total. The highest BCUT2D eigenvalue weighted by Crippen LogP contribution is 2.03. The lowest BCUT2D eigenvalue weighted by Crippen LogP contribution is -2.15. The molecule has 0 aromatic carbocycles. The van der Waals surface area contributed by atoms with Gasteiger partial charge >= 0.3 is 5.97 Å². The van der Waals surface area contributed by atoms with Gasteiger partial charge < -0.3 is 15.2 Å². The van der Waals surface area contributed by atoms with Crippen LogP contribution >= 0.6 is 0 Å². The smallest absolute Gasteiger partial charge is 0.305 e. The summed E-state index contributed by atoms with van der Waals surface area (Å²) >= 11 is 0. The molecule has 1 aromatic heterocycles. The first-order valence-electron chi connectivity index (χ1n) is 7.85. The van der Waals surface area contributed by atoms with Crippen LogP contribution in [0.3, 0.4) is 0 Å². The van der Waals surface area contributed by atoms with E-state index < -0.39 is 5.97 Å². The Morgan fingerprint density at radius 1 is 1.41 bits per heavy atom. The highest BCUT2D eigenvalue weighted by molar-refractivity contribution is 5.67. The van der Waals surface area contributed by atoms with Crippen molar-refractivity contribution >= 4 is 11.7 Å². The third-order valence-electron chi connectivity index (χ3n) is 2.55. The summed E-state index contributed by atoms with van der Waals surface area (Å²) in [6.07, 6.45) is 4.61. The number of aromatic nitrogens is 2. The molecule has 1 unspecified atom stereocenters. The number of hydrogen-bond acceptors (Lipinski definition) is 4. The number of hydrogen-bond donors (Lipinski definition) is 2. The molecule has 0 aliphatic heterocycles. The lowest BCUT2D eigenvalue weighted by Gasteiger charge is -2.11. The number of aryl methyl sites for hydroxylation is 1. The van der Waals surface area contributed by atoms with Crippen molar-refractivity contribution in [3.05, 3.63) is 12.4 Å². The number of ether oxygens (including phenoxy) is 1. The van der Waals surface area contributed by atoms with Crippen LogP contribution in [0.1, 0.15) is 47.5 Å². The minimum absolute atomic E-state index is 0.0953. The fourth-order valence-electron chi connectivity index (χ4n) is 1.36. The summed E-state index contributed by atoms with van der Waals surface area (Å²) < 4.78 is 7.04. The second-order valence-corrected chi connectivity index (χ2v) is 5.11. The summed E-state index contributed by atoms with van der Waals surface area (Å²) in [6.45, 7) is 10.7. The third-order valence-corrected chi connectivity index (χ3v) is 2.55. The van der Waals surface area contributed by atoms with Crippen LogP contribution in [-0.2, 0) is 16.6 Å². The Balaban J connectivity index is 0. The van der Waals surface area contributed by atoms with Crippen molar-refractivity contribution in [3.8, 4) is 0 Å². The monoisotopic (exact) mass is 315 g/mol. The Labute approximate surface area is 134 Å². The van der Waals surface area contributed by atoms with Crippen LogP contribution in [0.5, 0.6) is 0 Å². The number of anilines is 1. The molecule has 22 heavy (non-hydrogen) atoms. The lowest BCUT2D eigenvalue weighted by atomic mass is 10.1. The zero-order valence-corrected chi connectivity index (χ0v) is 15.1. The normalized spacial score (nSPS) is 10.9. The summed E-state index contributed by atoms with van der Waals surface area (Å²) in [4.78, 5) is 10.2. The van der Waals surface area contributed by atoms with Gasteiger partial charge in [0.25, 0.3) is 0 Å². The first-order chi connectivity index (χ1) is 10.3. The van der Waals surface area contributed by atoms with Gasteiger partial charge in [-0.15, -0.1) is 0 Å². The van der Waals surface area contributed by atoms with Crippen molar-refractivity contribution in [1.29, 1.82) is 0 Å². The minimum Gasteiger partial charge on any atom is -0.481 e. The van der Waals surface area contributed by atoms with E-state index in [1.54, 1.807) is 17.8 Å². The molecule has 130 valence electrons. The number of carboxylic acids is 1. The molecule has 0 bridgehead atoms. The third kappa shape index (κ3) is 14.8. The molecule has 0 aliphatic carbocycles. The molecule has 6 nitrogen and oxygen atoms in total. The predicted molar refractivity (Wildman–Crippen MR) is 91.2 cm³/mol. The Kier molecular flexibility index (Phi) is 14.8. The number of aliphatic carboxylic acids is 1. The predicted octanol–water partition coefficient (Wildman–Crippen LogP) is 3.40. The SMILES string of the molecule is CC.CC(C)CCOC(C)CC(=O)O.CNc1cnn(C)c1. The van der Waals surface area contributed by atoms with Crippen molar-refractivity contribution in [1.82, 2.24) is 9.78 Å². The van der Waals surface area contributed by atoms with E-state index in [1.807, 2.05) is 34.1 Å². The zero-order chi connectivity index (χ0) is 17.5. The summed E-state index contributed by atoms with van der Waals surface area (Å²) in [5, 5.41) is 15.3.